The van der Waals surface area contributed by atoms with Crippen molar-refractivity contribution in [2.45, 2.75) is 33.1 Å². The highest BCUT2D eigenvalue weighted by Gasteiger charge is 2.62. The number of hydrogen-bond acceptors (Lipinski definition) is 4. The molecular formula is C17H25O4P. The number of carbonyl (C=O) groups excluding carboxylic acids is 1. The predicted molar refractivity (Wildman–Crippen MR) is 83.7 cm³/mol. The fourth-order valence-electron chi connectivity index (χ4n) is 5.73. The molecule has 4 bridgehead atoms. The highest BCUT2D eigenvalue weighted by molar-refractivity contribution is 7.42. The Kier molecular flexibility index (Phi) is 4.04. The number of hydrogen-bond donors (Lipinski definition) is 0. The molecule has 0 N–H and O–H groups in total. The first-order valence-electron chi connectivity index (χ1n) is 8.69. The van der Waals surface area contributed by atoms with Crippen molar-refractivity contribution in [3.63, 3.8) is 0 Å². The Morgan fingerprint density at radius 3 is 2.41 bits per heavy atom. The van der Waals surface area contributed by atoms with Gasteiger partial charge in [0, 0.05) is 0 Å². The lowest BCUT2D eigenvalue weighted by Crippen LogP contribution is -2.35. The van der Waals surface area contributed by atoms with Crippen molar-refractivity contribution in [2.24, 2.45) is 41.4 Å². The van der Waals surface area contributed by atoms with Crippen LogP contribution in [0.25, 0.3) is 0 Å². The molecule has 3 saturated carbocycles. The lowest BCUT2D eigenvalue weighted by molar-refractivity contribution is -0.143. The molecule has 0 radical (unpaired) electrons. The molecule has 7 unspecified atom stereocenters. The largest absolute Gasteiger partial charge is 0.399 e. The molecule has 5 heteroatoms. The van der Waals surface area contributed by atoms with E-state index in [-0.39, 0.29) is 11.9 Å². The maximum atomic E-state index is 12.6. The van der Waals surface area contributed by atoms with Gasteiger partial charge in [-0.05, 0) is 68.6 Å². The fourth-order valence-corrected chi connectivity index (χ4v) is 6.61. The van der Waals surface area contributed by atoms with E-state index in [4.69, 9.17) is 13.6 Å². The maximum Gasteiger partial charge on any atom is 0.399 e. The smallest absolute Gasteiger partial charge is 0.394 e. The Morgan fingerprint density at radius 1 is 1.05 bits per heavy atom. The molecule has 0 aliphatic heterocycles. The summed E-state index contributed by atoms with van der Waals surface area (Å²) in [6.07, 6.45) is 8.41. The van der Waals surface area contributed by atoms with E-state index in [9.17, 15) is 4.79 Å². The summed E-state index contributed by atoms with van der Waals surface area (Å²) in [6.45, 7) is 4.81. The topological polar surface area (TPSA) is 44.8 Å². The average Bonchev–Trinajstić information content (AvgIpc) is 3.25. The van der Waals surface area contributed by atoms with Gasteiger partial charge < -0.3 is 13.6 Å². The van der Waals surface area contributed by atoms with Crippen LogP contribution in [0, 0.1) is 41.4 Å². The Labute approximate surface area is 133 Å². The lowest BCUT2D eigenvalue weighted by Gasteiger charge is -2.35. The summed E-state index contributed by atoms with van der Waals surface area (Å²) in [5, 5.41) is 0. The van der Waals surface area contributed by atoms with Crippen LogP contribution in [0.15, 0.2) is 12.2 Å². The lowest BCUT2D eigenvalue weighted by atomic mass is 9.69. The van der Waals surface area contributed by atoms with Gasteiger partial charge in [-0.2, -0.15) is 0 Å². The van der Waals surface area contributed by atoms with Crippen LogP contribution in [-0.2, 0) is 18.4 Å². The van der Waals surface area contributed by atoms with Crippen LogP contribution in [0.2, 0.25) is 0 Å². The molecule has 7 atom stereocenters. The Balaban J connectivity index is 1.42. The highest BCUT2D eigenvalue weighted by atomic mass is 31.2. The van der Waals surface area contributed by atoms with Crippen molar-refractivity contribution in [3.8, 4) is 0 Å². The molecule has 122 valence electrons. The predicted octanol–water partition coefficient (Wildman–Crippen LogP) is 3.92. The van der Waals surface area contributed by atoms with E-state index in [2.05, 4.69) is 12.2 Å². The third-order valence-corrected chi connectivity index (χ3v) is 7.47. The molecule has 4 rings (SSSR count). The fraction of sp³-hybridized carbons (Fsp3) is 0.824. The first-order valence-corrected chi connectivity index (χ1v) is 9.78. The van der Waals surface area contributed by atoms with Gasteiger partial charge in [-0.25, -0.2) is 0 Å². The molecular weight excluding hydrogens is 299 g/mol. The quantitative estimate of drug-likeness (QED) is 0.422. The minimum Gasteiger partial charge on any atom is -0.394 e. The van der Waals surface area contributed by atoms with Crippen LogP contribution in [-0.4, -0.2) is 19.2 Å². The monoisotopic (exact) mass is 324 g/mol. The molecule has 0 heterocycles. The van der Waals surface area contributed by atoms with Gasteiger partial charge in [-0.1, -0.05) is 12.2 Å². The number of allylic oxidation sites excluding steroid dienone is 2. The molecule has 4 aliphatic carbocycles. The third kappa shape index (κ3) is 2.26. The molecule has 0 aromatic heterocycles. The van der Waals surface area contributed by atoms with E-state index in [0.29, 0.717) is 19.1 Å². The summed E-state index contributed by atoms with van der Waals surface area (Å²) in [6, 6.07) is 0. The van der Waals surface area contributed by atoms with Gasteiger partial charge in [0.25, 0.3) is 0 Å². The van der Waals surface area contributed by atoms with Gasteiger partial charge in [0.15, 0.2) is 0 Å². The molecule has 0 aromatic rings. The number of rotatable bonds is 6. The normalized spacial score (nSPS) is 44.0. The van der Waals surface area contributed by atoms with Crippen molar-refractivity contribution in [1.82, 2.24) is 0 Å². The maximum absolute atomic E-state index is 12.6. The highest BCUT2D eigenvalue weighted by Crippen LogP contribution is 2.67. The first-order chi connectivity index (χ1) is 10.7. The Morgan fingerprint density at radius 2 is 1.73 bits per heavy atom. The van der Waals surface area contributed by atoms with Gasteiger partial charge in [0.05, 0.1) is 19.1 Å². The van der Waals surface area contributed by atoms with Crippen LogP contribution in [0.3, 0.4) is 0 Å². The van der Waals surface area contributed by atoms with Crippen LogP contribution in [0.1, 0.15) is 33.1 Å². The minimum absolute atomic E-state index is 0.0740. The van der Waals surface area contributed by atoms with Crippen molar-refractivity contribution >= 4 is 14.6 Å². The molecule has 0 spiro atoms. The van der Waals surface area contributed by atoms with Gasteiger partial charge >= 0.3 is 14.6 Å². The van der Waals surface area contributed by atoms with Gasteiger partial charge in [-0.3, -0.25) is 4.79 Å². The summed E-state index contributed by atoms with van der Waals surface area (Å²) in [5.41, 5.74) is 0. The van der Waals surface area contributed by atoms with Crippen LogP contribution >= 0.6 is 8.60 Å². The molecule has 4 nitrogen and oxygen atoms in total. The summed E-state index contributed by atoms with van der Waals surface area (Å²) in [7, 11) is -1.51. The van der Waals surface area contributed by atoms with Crippen LogP contribution in [0.5, 0.6) is 0 Å². The van der Waals surface area contributed by atoms with Crippen LogP contribution < -0.4 is 0 Å². The first kappa shape index (κ1) is 15.1. The van der Waals surface area contributed by atoms with E-state index in [1.54, 1.807) is 0 Å². The summed E-state index contributed by atoms with van der Waals surface area (Å²) in [5.74, 6) is 4.36. The molecule has 22 heavy (non-hydrogen) atoms. The standard InChI is InChI=1S/C17H25O4P/c1-3-19-22(20-4-2)21-17(18)14-9-12-8-13(14)16-11-6-5-10(7-11)15(12)16/h5-6,10-16H,3-4,7-9H2,1-2H3. The van der Waals surface area contributed by atoms with E-state index in [1.165, 1.54) is 12.8 Å². The molecule has 3 fully saturated rings. The second kappa shape index (κ2) is 5.89. The SMILES string of the molecule is CCOP(OCC)OC(=O)C1CC2CC1C1C3C=CC(C3)C21. The third-order valence-electron chi connectivity index (χ3n) is 6.21. The van der Waals surface area contributed by atoms with E-state index in [0.717, 1.165) is 36.0 Å². The van der Waals surface area contributed by atoms with Crippen molar-refractivity contribution in [1.29, 1.82) is 0 Å². The zero-order valence-electron chi connectivity index (χ0n) is 13.3. The van der Waals surface area contributed by atoms with Crippen molar-refractivity contribution < 1.29 is 18.4 Å². The summed E-state index contributed by atoms with van der Waals surface area (Å²) >= 11 is 0. The zero-order chi connectivity index (χ0) is 15.3. The molecule has 0 amide bonds. The summed E-state index contributed by atoms with van der Waals surface area (Å²) < 4.78 is 16.4. The Hall–Kier alpha value is -0.440. The molecule has 0 aromatic carbocycles. The van der Waals surface area contributed by atoms with Crippen molar-refractivity contribution in [3.05, 3.63) is 12.2 Å². The van der Waals surface area contributed by atoms with Gasteiger partial charge in [-0.15, -0.1) is 0 Å². The van der Waals surface area contributed by atoms with E-state index < -0.39 is 8.60 Å². The second-order valence-electron chi connectivity index (χ2n) is 7.07. The average molecular weight is 324 g/mol. The second-order valence-corrected chi connectivity index (χ2v) is 8.22. The Bertz CT molecular complexity index is 473. The summed E-state index contributed by atoms with van der Waals surface area (Å²) in [4.78, 5) is 12.6. The number of carbonyl (C=O) groups is 1. The van der Waals surface area contributed by atoms with Crippen LogP contribution in [0.4, 0.5) is 0 Å². The molecule has 0 saturated heterocycles. The van der Waals surface area contributed by atoms with E-state index >= 15 is 0 Å². The van der Waals surface area contributed by atoms with Gasteiger partial charge in [0.2, 0.25) is 0 Å². The minimum atomic E-state index is -1.51. The zero-order valence-corrected chi connectivity index (χ0v) is 14.2. The van der Waals surface area contributed by atoms with Crippen molar-refractivity contribution in [2.75, 3.05) is 13.2 Å². The molecule has 4 aliphatic rings. The van der Waals surface area contributed by atoms with Gasteiger partial charge in [0.1, 0.15) is 0 Å². The number of fused-ring (bicyclic) bond motifs is 9. The van der Waals surface area contributed by atoms with E-state index in [1.807, 2.05) is 13.8 Å².